The Morgan fingerprint density at radius 2 is 2.00 bits per heavy atom. The molecule has 0 unspecified atom stereocenters. The minimum absolute atomic E-state index is 0.0911. The Labute approximate surface area is 150 Å². The molecule has 1 amide bonds. The molecule has 1 saturated heterocycles. The average Bonchev–Trinajstić information content (AvgIpc) is 2.61. The van der Waals surface area contributed by atoms with Crippen LogP contribution < -0.4 is 15.1 Å². The van der Waals surface area contributed by atoms with E-state index < -0.39 is 0 Å². The Bertz CT molecular complexity index is 813. The number of benzene rings is 1. The van der Waals surface area contributed by atoms with Gasteiger partial charge >= 0.3 is 0 Å². The molecule has 0 saturated carbocycles. The summed E-state index contributed by atoms with van der Waals surface area (Å²) in [6.07, 6.45) is 1.31. The zero-order valence-corrected chi connectivity index (χ0v) is 14.7. The van der Waals surface area contributed by atoms with E-state index in [-0.39, 0.29) is 23.7 Å². The van der Waals surface area contributed by atoms with E-state index in [0.29, 0.717) is 23.9 Å². The van der Waals surface area contributed by atoms with E-state index in [4.69, 9.17) is 20.8 Å². The van der Waals surface area contributed by atoms with Gasteiger partial charge in [-0.15, -0.1) is 0 Å². The van der Waals surface area contributed by atoms with Gasteiger partial charge in [-0.05, 0) is 25.1 Å². The largest absolute Gasteiger partial charge is 0.476 e. The third-order valence-electron chi connectivity index (χ3n) is 4.15. The van der Waals surface area contributed by atoms with E-state index in [2.05, 4.69) is 4.90 Å². The van der Waals surface area contributed by atoms with E-state index >= 15 is 0 Å². The molecule has 0 spiro atoms. The molecule has 1 aliphatic heterocycles. The number of hydrogen-bond donors (Lipinski definition) is 0. The fourth-order valence-corrected chi connectivity index (χ4v) is 2.97. The lowest BCUT2D eigenvalue weighted by atomic mass is 10.2. The number of aryl methyl sites for hydroxylation is 1. The van der Waals surface area contributed by atoms with Crippen molar-refractivity contribution in [3.63, 3.8) is 0 Å². The van der Waals surface area contributed by atoms with Gasteiger partial charge in [0.15, 0.2) is 6.61 Å². The summed E-state index contributed by atoms with van der Waals surface area (Å²) >= 11 is 6.03. The lowest BCUT2D eigenvalue weighted by Crippen LogP contribution is -2.50. The van der Waals surface area contributed by atoms with Gasteiger partial charge in [0.05, 0.1) is 6.26 Å². The van der Waals surface area contributed by atoms with E-state index in [1.165, 1.54) is 12.3 Å². The van der Waals surface area contributed by atoms with Crippen molar-refractivity contribution in [2.45, 2.75) is 6.92 Å². The quantitative estimate of drug-likeness (QED) is 0.835. The predicted molar refractivity (Wildman–Crippen MR) is 95.5 cm³/mol. The first-order valence-corrected chi connectivity index (χ1v) is 8.42. The monoisotopic (exact) mass is 362 g/mol. The summed E-state index contributed by atoms with van der Waals surface area (Å²) in [6.45, 7) is 4.09. The molecule has 25 heavy (non-hydrogen) atoms. The second-order valence-electron chi connectivity index (χ2n) is 5.81. The van der Waals surface area contributed by atoms with Gasteiger partial charge in [0.2, 0.25) is 11.2 Å². The topological polar surface area (TPSA) is 63.0 Å². The molecular formula is C18H19ClN2O4. The molecule has 1 aromatic carbocycles. The highest BCUT2D eigenvalue weighted by atomic mass is 35.5. The van der Waals surface area contributed by atoms with Crippen LogP contribution in [-0.4, -0.2) is 43.6 Å². The number of piperazine rings is 1. The van der Waals surface area contributed by atoms with Gasteiger partial charge < -0.3 is 19.0 Å². The predicted octanol–water partition coefficient (Wildman–Crippen LogP) is 2.33. The summed E-state index contributed by atoms with van der Waals surface area (Å²) in [7, 11) is 0. The zero-order valence-electron chi connectivity index (χ0n) is 13.9. The maximum atomic E-state index is 12.3. The molecule has 1 fully saturated rings. The lowest BCUT2D eigenvalue weighted by Gasteiger charge is -2.36. The van der Waals surface area contributed by atoms with Crippen LogP contribution in [0.3, 0.4) is 0 Å². The molecule has 0 N–H and O–H groups in total. The SMILES string of the molecule is Cc1occc(=O)c1OCC(=O)N1CCN(c2cccc(Cl)c2)CC1. The number of carbonyl (C=O) groups is 1. The molecule has 1 aromatic heterocycles. The number of nitrogens with zero attached hydrogens (tertiary/aromatic N) is 2. The van der Waals surface area contributed by atoms with E-state index in [9.17, 15) is 9.59 Å². The molecule has 2 heterocycles. The number of anilines is 1. The Kier molecular flexibility index (Phi) is 5.28. The van der Waals surface area contributed by atoms with Crippen molar-refractivity contribution in [2.75, 3.05) is 37.7 Å². The maximum Gasteiger partial charge on any atom is 0.260 e. The summed E-state index contributed by atoms with van der Waals surface area (Å²) in [5.41, 5.74) is 0.760. The minimum atomic E-state index is -0.290. The number of carbonyl (C=O) groups excluding carboxylic acids is 1. The molecule has 7 heteroatoms. The summed E-state index contributed by atoms with van der Waals surface area (Å²) in [6, 6.07) is 8.95. The fourth-order valence-electron chi connectivity index (χ4n) is 2.79. The second-order valence-corrected chi connectivity index (χ2v) is 6.24. The van der Waals surface area contributed by atoms with Crippen molar-refractivity contribution < 1.29 is 13.9 Å². The highest BCUT2D eigenvalue weighted by Crippen LogP contribution is 2.21. The second kappa shape index (κ2) is 7.61. The van der Waals surface area contributed by atoms with Crippen LogP contribution in [0.5, 0.6) is 5.75 Å². The van der Waals surface area contributed by atoms with Gasteiger partial charge in [0, 0.05) is 43.0 Å². The first-order chi connectivity index (χ1) is 12.0. The van der Waals surface area contributed by atoms with Crippen molar-refractivity contribution in [1.82, 2.24) is 4.90 Å². The number of amides is 1. The number of halogens is 1. The molecular weight excluding hydrogens is 344 g/mol. The van der Waals surface area contributed by atoms with E-state index in [1.54, 1.807) is 11.8 Å². The van der Waals surface area contributed by atoms with Gasteiger partial charge in [-0.1, -0.05) is 17.7 Å². The van der Waals surface area contributed by atoms with E-state index in [0.717, 1.165) is 18.8 Å². The molecule has 0 atom stereocenters. The van der Waals surface area contributed by atoms with Gasteiger partial charge in [-0.25, -0.2) is 0 Å². The van der Waals surface area contributed by atoms with Crippen LogP contribution in [0.15, 0.2) is 45.8 Å². The molecule has 1 aliphatic rings. The molecule has 2 aromatic rings. The standard InChI is InChI=1S/C18H19ClN2O4/c1-13-18(16(22)5-10-24-13)25-12-17(23)21-8-6-20(7-9-21)15-4-2-3-14(19)11-15/h2-5,10-11H,6-9,12H2,1H3. The molecule has 0 bridgehead atoms. The van der Waals surface area contributed by atoms with Crippen LogP contribution >= 0.6 is 11.6 Å². The number of hydrogen-bond acceptors (Lipinski definition) is 5. The van der Waals surface area contributed by atoms with Gasteiger partial charge in [0.25, 0.3) is 5.91 Å². The van der Waals surface area contributed by atoms with Gasteiger partial charge in [-0.2, -0.15) is 0 Å². The van der Waals surface area contributed by atoms with E-state index in [1.807, 2.05) is 24.3 Å². The van der Waals surface area contributed by atoms with Crippen LogP contribution in [0, 0.1) is 6.92 Å². The number of rotatable bonds is 4. The van der Waals surface area contributed by atoms with Gasteiger partial charge in [-0.3, -0.25) is 9.59 Å². The number of ether oxygens (including phenoxy) is 1. The lowest BCUT2D eigenvalue weighted by molar-refractivity contribution is -0.133. The van der Waals surface area contributed by atoms with Crippen molar-refractivity contribution >= 4 is 23.2 Å². The van der Waals surface area contributed by atoms with Crippen molar-refractivity contribution in [3.05, 3.63) is 57.6 Å². The summed E-state index contributed by atoms with van der Waals surface area (Å²) in [5.74, 6) is 0.313. The highest BCUT2D eigenvalue weighted by Gasteiger charge is 2.22. The third kappa shape index (κ3) is 4.14. The highest BCUT2D eigenvalue weighted by molar-refractivity contribution is 6.30. The van der Waals surface area contributed by atoms with Crippen molar-refractivity contribution in [1.29, 1.82) is 0 Å². The summed E-state index contributed by atoms with van der Waals surface area (Å²) in [5, 5.41) is 0.696. The maximum absolute atomic E-state index is 12.3. The fraction of sp³-hybridized carbons (Fsp3) is 0.333. The molecule has 0 aliphatic carbocycles. The molecule has 6 nitrogen and oxygen atoms in total. The summed E-state index contributed by atoms with van der Waals surface area (Å²) in [4.78, 5) is 28.0. The van der Waals surface area contributed by atoms with Crippen LogP contribution in [0.4, 0.5) is 5.69 Å². The third-order valence-corrected chi connectivity index (χ3v) is 4.39. The minimum Gasteiger partial charge on any atom is -0.476 e. The van der Waals surface area contributed by atoms with Crippen LogP contribution in [0.25, 0.3) is 0 Å². The summed E-state index contributed by atoms with van der Waals surface area (Å²) < 4.78 is 10.5. The van der Waals surface area contributed by atoms with Crippen molar-refractivity contribution in [3.8, 4) is 5.75 Å². The van der Waals surface area contributed by atoms with Gasteiger partial charge in [0.1, 0.15) is 5.76 Å². The van der Waals surface area contributed by atoms with Crippen LogP contribution in [0.1, 0.15) is 5.76 Å². The molecule has 132 valence electrons. The van der Waals surface area contributed by atoms with Crippen LogP contribution in [0.2, 0.25) is 5.02 Å². The smallest absolute Gasteiger partial charge is 0.260 e. The average molecular weight is 363 g/mol. The Morgan fingerprint density at radius 3 is 2.68 bits per heavy atom. The molecule has 0 radical (unpaired) electrons. The Balaban J connectivity index is 1.54. The molecule has 3 rings (SSSR count). The Morgan fingerprint density at radius 1 is 1.24 bits per heavy atom. The van der Waals surface area contributed by atoms with Crippen LogP contribution in [-0.2, 0) is 4.79 Å². The van der Waals surface area contributed by atoms with Crippen molar-refractivity contribution in [2.24, 2.45) is 0 Å². The normalized spacial score (nSPS) is 14.5. The zero-order chi connectivity index (χ0) is 17.8. The Hall–Kier alpha value is -2.47. The first-order valence-electron chi connectivity index (χ1n) is 8.04. The first kappa shape index (κ1) is 17.4.